The lowest BCUT2D eigenvalue weighted by molar-refractivity contribution is -0.115. The summed E-state index contributed by atoms with van der Waals surface area (Å²) in [4.78, 5) is 14.6. The molecular weight excluding hydrogens is 196 g/mol. The Kier molecular flexibility index (Phi) is 7.23. The van der Waals surface area contributed by atoms with Crippen molar-refractivity contribution < 1.29 is 4.79 Å². The van der Waals surface area contributed by atoms with Crippen molar-refractivity contribution in [3.05, 3.63) is 30.3 Å². The summed E-state index contributed by atoms with van der Waals surface area (Å²) in [5, 5.41) is 2.29. The second-order valence-corrected chi connectivity index (χ2v) is 2.79. The third-order valence-corrected chi connectivity index (χ3v) is 1.23. The molecular formula is C10H12N2OS. The van der Waals surface area contributed by atoms with Gasteiger partial charge in [-0.2, -0.15) is 4.99 Å². The topological polar surface area (TPSA) is 32.7 Å². The van der Waals surface area contributed by atoms with Crippen LogP contribution in [-0.2, 0) is 4.79 Å². The molecule has 0 radical (unpaired) electrons. The number of aliphatic imine (C=N–C) groups is 1. The number of carbonyl (C=O) groups is 1. The number of hydrogen-bond donors (Lipinski definition) is 0. The lowest BCUT2D eigenvalue weighted by Gasteiger charge is -1.93. The molecule has 74 valence electrons. The van der Waals surface area contributed by atoms with E-state index in [9.17, 15) is 4.79 Å². The maximum Gasteiger partial charge on any atom is 0.209 e. The summed E-state index contributed by atoms with van der Waals surface area (Å²) < 4.78 is 0. The van der Waals surface area contributed by atoms with Gasteiger partial charge in [-0.3, -0.25) is 4.79 Å². The average molecular weight is 208 g/mol. The standard InChI is InChI=1S/C7H5NS.C3H7NO/c9-6-8-7-4-2-1-3-5-7;1-4(2)3-5/h1-5H;3H,1-2H3. The van der Waals surface area contributed by atoms with Crippen molar-refractivity contribution in [2.75, 3.05) is 14.1 Å². The van der Waals surface area contributed by atoms with Crippen LogP contribution in [0.15, 0.2) is 35.3 Å². The molecule has 0 aromatic heterocycles. The second-order valence-electron chi connectivity index (χ2n) is 2.61. The van der Waals surface area contributed by atoms with E-state index in [1.807, 2.05) is 30.3 Å². The Balaban J connectivity index is 0.000000292. The molecule has 0 aliphatic heterocycles. The van der Waals surface area contributed by atoms with E-state index < -0.39 is 0 Å². The molecule has 0 bridgehead atoms. The van der Waals surface area contributed by atoms with E-state index in [4.69, 9.17) is 0 Å². The van der Waals surface area contributed by atoms with Crippen molar-refractivity contribution in [1.82, 2.24) is 4.90 Å². The number of thiocarbonyl (C=S) groups is 1. The first kappa shape index (κ1) is 12.5. The van der Waals surface area contributed by atoms with Gasteiger partial charge in [0.2, 0.25) is 6.41 Å². The van der Waals surface area contributed by atoms with E-state index >= 15 is 0 Å². The summed E-state index contributed by atoms with van der Waals surface area (Å²) in [5.74, 6) is 0. The zero-order valence-electron chi connectivity index (χ0n) is 8.18. The predicted octanol–water partition coefficient (Wildman–Crippen LogP) is 2.13. The number of rotatable bonds is 2. The molecule has 0 heterocycles. The van der Waals surface area contributed by atoms with Gasteiger partial charge in [0.15, 0.2) is 0 Å². The van der Waals surface area contributed by atoms with Gasteiger partial charge in [-0.1, -0.05) is 18.2 Å². The second kappa shape index (κ2) is 8.10. The Labute approximate surface area is 89.1 Å². The fraction of sp³-hybridized carbons (Fsp3) is 0.200. The molecule has 3 nitrogen and oxygen atoms in total. The zero-order chi connectivity index (χ0) is 10.8. The summed E-state index contributed by atoms with van der Waals surface area (Å²) in [5.41, 5.74) is 0.854. The van der Waals surface area contributed by atoms with Gasteiger partial charge in [-0.15, -0.1) is 0 Å². The number of amides is 1. The lowest BCUT2D eigenvalue weighted by Crippen LogP contribution is -2.06. The molecule has 0 N–H and O–H groups in total. The Morgan fingerprint density at radius 2 is 1.86 bits per heavy atom. The van der Waals surface area contributed by atoms with Gasteiger partial charge in [-0.05, 0) is 24.4 Å². The molecule has 0 aliphatic carbocycles. The molecule has 0 saturated heterocycles. The summed E-state index contributed by atoms with van der Waals surface area (Å²) in [6.07, 6.45) is 0.750. The number of para-hydroxylation sites is 1. The van der Waals surface area contributed by atoms with E-state index in [0.717, 1.165) is 12.1 Å². The smallest absolute Gasteiger partial charge is 0.209 e. The van der Waals surface area contributed by atoms with E-state index in [0.29, 0.717) is 0 Å². The summed E-state index contributed by atoms with van der Waals surface area (Å²) in [6.45, 7) is 0. The van der Waals surface area contributed by atoms with Gasteiger partial charge < -0.3 is 4.90 Å². The van der Waals surface area contributed by atoms with Crippen molar-refractivity contribution in [3.63, 3.8) is 0 Å². The highest BCUT2D eigenvalue weighted by atomic mass is 32.1. The third kappa shape index (κ3) is 7.16. The quantitative estimate of drug-likeness (QED) is 0.423. The van der Waals surface area contributed by atoms with Crippen molar-refractivity contribution >= 4 is 29.5 Å². The molecule has 0 aliphatic rings. The van der Waals surface area contributed by atoms with E-state index in [-0.39, 0.29) is 0 Å². The van der Waals surface area contributed by atoms with Crippen LogP contribution in [0.3, 0.4) is 0 Å². The van der Waals surface area contributed by atoms with Crippen molar-refractivity contribution in [2.45, 2.75) is 0 Å². The zero-order valence-corrected chi connectivity index (χ0v) is 8.99. The highest BCUT2D eigenvalue weighted by Crippen LogP contribution is 2.07. The van der Waals surface area contributed by atoms with E-state index in [1.165, 1.54) is 4.90 Å². The minimum absolute atomic E-state index is 0.750. The van der Waals surface area contributed by atoms with Gasteiger partial charge in [0.1, 0.15) is 0 Å². The highest BCUT2D eigenvalue weighted by molar-refractivity contribution is 7.78. The minimum Gasteiger partial charge on any atom is -0.351 e. The lowest BCUT2D eigenvalue weighted by atomic mass is 10.3. The van der Waals surface area contributed by atoms with Crippen LogP contribution < -0.4 is 0 Å². The maximum atomic E-state index is 9.43. The molecule has 4 heteroatoms. The van der Waals surface area contributed by atoms with Gasteiger partial charge in [-0.25, -0.2) is 0 Å². The normalized spacial score (nSPS) is 7.57. The van der Waals surface area contributed by atoms with Crippen LogP contribution in [0.1, 0.15) is 0 Å². The van der Waals surface area contributed by atoms with Crippen molar-refractivity contribution in [2.24, 2.45) is 4.99 Å². The van der Waals surface area contributed by atoms with Gasteiger partial charge >= 0.3 is 0 Å². The van der Waals surface area contributed by atoms with Gasteiger partial charge in [0.25, 0.3) is 0 Å². The van der Waals surface area contributed by atoms with Crippen molar-refractivity contribution in [1.29, 1.82) is 0 Å². The number of hydrogen-bond acceptors (Lipinski definition) is 3. The predicted molar refractivity (Wildman–Crippen MR) is 60.9 cm³/mol. The fourth-order valence-electron chi connectivity index (χ4n) is 0.555. The van der Waals surface area contributed by atoms with Gasteiger partial charge in [0.05, 0.1) is 10.8 Å². The summed E-state index contributed by atoms with van der Waals surface area (Å²) >= 11 is 4.42. The molecule has 14 heavy (non-hydrogen) atoms. The third-order valence-electron chi connectivity index (χ3n) is 1.14. The Bertz CT molecular complexity index is 305. The SMILES string of the molecule is CN(C)C=O.S=C=Nc1ccccc1. The first-order chi connectivity index (χ1) is 6.70. The van der Waals surface area contributed by atoms with Crippen LogP contribution in [-0.4, -0.2) is 30.6 Å². The fourth-order valence-corrected chi connectivity index (χ4v) is 0.661. The Hall–Kier alpha value is -1.51. The minimum atomic E-state index is 0.750. The first-order valence-corrected chi connectivity index (χ1v) is 4.36. The van der Waals surface area contributed by atoms with Crippen LogP contribution in [0.5, 0.6) is 0 Å². The van der Waals surface area contributed by atoms with Crippen LogP contribution in [0.2, 0.25) is 0 Å². The Morgan fingerprint density at radius 1 is 1.36 bits per heavy atom. The highest BCUT2D eigenvalue weighted by Gasteiger charge is 1.79. The number of carbonyl (C=O) groups excluding carboxylic acids is 1. The number of isothiocyanates is 1. The number of nitrogens with zero attached hydrogens (tertiary/aromatic N) is 2. The van der Waals surface area contributed by atoms with Crippen LogP contribution in [0.4, 0.5) is 5.69 Å². The van der Waals surface area contributed by atoms with Crippen LogP contribution in [0.25, 0.3) is 0 Å². The monoisotopic (exact) mass is 208 g/mol. The van der Waals surface area contributed by atoms with Gasteiger partial charge in [0, 0.05) is 14.1 Å². The molecule has 1 aromatic carbocycles. The number of benzene rings is 1. The summed E-state index contributed by atoms with van der Waals surface area (Å²) in [7, 11) is 3.38. The molecule has 0 unspecified atom stereocenters. The molecule has 0 atom stereocenters. The average Bonchev–Trinajstić information content (AvgIpc) is 2.21. The van der Waals surface area contributed by atoms with Crippen LogP contribution >= 0.6 is 12.2 Å². The molecule has 0 spiro atoms. The molecule has 1 amide bonds. The van der Waals surface area contributed by atoms with E-state index in [1.54, 1.807) is 14.1 Å². The molecule has 0 fully saturated rings. The summed E-state index contributed by atoms with van der Waals surface area (Å²) in [6, 6.07) is 9.50. The Morgan fingerprint density at radius 3 is 2.21 bits per heavy atom. The van der Waals surface area contributed by atoms with Crippen LogP contribution in [0, 0.1) is 0 Å². The molecule has 1 aromatic rings. The van der Waals surface area contributed by atoms with E-state index in [2.05, 4.69) is 22.4 Å². The largest absolute Gasteiger partial charge is 0.351 e. The van der Waals surface area contributed by atoms with Crippen molar-refractivity contribution in [3.8, 4) is 0 Å². The first-order valence-electron chi connectivity index (χ1n) is 3.95. The molecule has 1 rings (SSSR count). The molecule has 0 saturated carbocycles. The maximum absolute atomic E-state index is 9.43.